The number of aromatic nitrogens is 2. The second kappa shape index (κ2) is 5.39. The monoisotopic (exact) mass is 231 g/mol. The summed E-state index contributed by atoms with van der Waals surface area (Å²) >= 11 is 0. The third-order valence-corrected chi connectivity index (χ3v) is 2.66. The first kappa shape index (κ1) is 11.5. The molecule has 17 heavy (non-hydrogen) atoms. The van der Waals surface area contributed by atoms with Crippen molar-refractivity contribution in [2.45, 2.75) is 6.42 Å². The maximum absolute atomic E-state index is 5.65. The minimum absolute atomic E-state index is 0.643. The first-order chi connectivity index (χ1) is 8.29. The molecule has 2 aromatic rings. The van der Waals surface area contributed by atoms with Gasteiger partial charge in [0.25, 0.3) is 0 Å². The lowest BCUT2D eigenvalue weighted by Crippen LogP contribution is -2.06. The van der Waals surface area contributed by atoms with Crippen LogP contribution in [0.1, 0.15) is 5.82 Å². The second-order valence-electron chi connectivity index (χ2n) is 3.83. The van der Waals surface area contributed by atoms with Crippen LogP contribution in [-0.2, 0) is 13.5 Å². The fraction of sp³-hybridized carbons (Fsp3) is 0.308. The van der Waals surface area contributed by atoms with Crippen molar-refractivity contribution in [3.63, 3.8) is 0 Å². The minimum atomic E-state index is 0.643. The van der Waals surface area contributed by atoms with E-state index in [2.05, 4.69) is 10.3 Å². The van der Waals surface area contributed by atoms with Crippen molar-refractivity contribution in [1.82, 2.24) is 9.55 Å². The van der Waals surface area contributed by atoms with Gasteiger partial charge in [0.2, 0.25) is 0 Å². The van der Waals surface area contributed by atoms with Crippen molar-refractivity contribution in [3.8, 4) is 5.75 Å². The van der Waals surface area contributed by atoms with Crippen molar-refractivity contribution in [2.24, 2.45) is 7.05 Å². The Hall–Kier alpha value is -1.97. The Labute approximate surface area is 101 Å². The van der Waals surface area contributed by atoms with Gasteiger partial charge in [0, 0.05) is 38.6 Å². The van der Waals surface area contributed by atoms with E-state index in [1.165, 1.54) is 0 Å². The zero-order chi connectivity index (χ0) is 12.1. The molecular weight excluding hydrogens is 214 g/mol. The van der Waals surface area contributed by atoms with Gasteiger partial charge in [-0.1, -0.05) is 0 Å². The number of ether oxygens (including phenoxy) is 1. The van der Waals surface area contributed by atoms with Gasteiger partial charge >= 0.3 is 0 Å². The molecule has 0 fully saturated rings. The molecule has 0 radical (unpaired) electrons. The Bertz CT molecular complexity index is 462. The predicted molar refractivity (Wildman–Crippen MR) is 68.4 cm³/mol. The molecule has 1 aromatic heterocycles. The molecule has 1 heterocycles. The highest BCUT2D eigenvalue weighted by molar-refractivity contribution is 5.45. The molecule has 0 amide bonds. The Morgan fingerprint density at radius 2 is 2.06 bits per heavy atom. The molecule has 0 unspecified atom stereocenters. The van der Waals surface area contributed by atoms with Crippen LogP contribution in [0.5, 0.6) is 5.75 Å². The van der Waals surface area contributed by atoms with Crippen molar-refractivity contribution >= 4 is 5.69 Å². The van der Waals surface area contributed by atoms with Gasteiger partial charge in [-0.25, -0.2) is 4.98 Å². The van der Waals surface area contributed by atoms with Crippen LogP contribution < -0.4 is 10.1 Å². The molecule has 1 N–H and O–H groups in total. The molecular formula is C13H17N3O. The molecule has 0 atom stereocenters. The molecule has 1 aromatic carbocycles. The summed E-state index contributed by atoms with van der Waals surface area (Å²) in [6.07, 6.45) is 4.56. The summed E-state index contributed by atoms with van der Waals surface area (Å²) in [4.78, 5) is 4.25. The number of aryl methyl sites for hydroxylation is 1. The smallest absolute Gasteiger partial charge is 0.119 e. The molecule has 0 aliphatic rings. The van der Waals surface area contributed by atoms with Gasteiger partial charge in [0.1, 0.15) is 11.6 Å². The van der Waals surface area contributed by atoms with Crippen molar-refractivity contribution in [2.75, 3.05) is 19.0 Å². The van der Waals surface area contributed by atoms with Crippen LogP contribution >= 0.6 is 0 Å². The Morgan fingerprint density at radius 1 is 1.29 bits per heavy atom. The molecule has 0 saturated carbocycles. The molecule has 4 nitrogen and oxygen atoms in total. The fourth-order valence-electron chi connectivity index (χ4n) is 1.62. The fourth-order valence-corrected chi connectivity index (χ4v) is 1.62. The molecule has 0 aliphatic carbocycles. The number of nitrogens with zero attached hydrogens (tertiary/aromatic N) is 2. The summed E-state index contributed by atoms with van der Waals surface area (Å²) in [5, 5.41) is 3.07. The highest BCUT2D eigenvalue weighted by atomic mass is 16.5. The van der Waals surface area contributed by atoms with E-state index in [1.54, 1.807) is 6.20 Å². The zero-order valence-electron chi connectivity index (χ0n) is 10.2. The number of rotatable bonds is 5. The lowest BCUT2D eigenvalue weighted by atomic mass is 10.3. The predicted octanol–water partition coefficient (Wildman–Crippen LogP) is 2.08. The third-order valence-electron chi connectivity index (χ3n) is 2.66. The summed E-state index contributed by atoms with van der Waals surface area (Å²) in [6, 6.07) is 7.92. The molecule has 0 bridgehead atoms. The van der Waals surface area contributed by atoms with Crippen LogP contribution in [0.15, 0.2) is 36.7 Å². The lowest BCUT2D eigenvalue weighted by molar-refractivity contribution is 0.317. The Balaban J connectivity index is 1.83. The van der Waals surface area contributed by atoms with Gasteiger partial charge in [-0.2, -0.15) is 0 Å². The summed E-state index contributed by atoms with van der Waals surface area (Å²) < 4.78 is 7.66. The number of benzene rings is 1. The number of imidazole rings is 1. The zero-order valence-corrected chi connectivity index (χ0v) is 10.2. The summed E-state index contributed by atoms with van der Waals surface area (Å²) in [5.41, 5.74) is 1.08. The molecule has 0 spiro atoms. The lowest BCUT2D eigenvalue weighted by Gasteiger charge is -2.07. The van der Waals surface area contributed by atoms with Crippen LogP contribution in [0.25, 0.3) is 0 Å². The van der Waals surface area contributed by atoms with Crippen molar-refractivity contribution in [1.29, 1.82) is 0 Å². The molecule has 2 rings (SSSR count). The maximum Gasteiger partial charge on any atom is 0.119 e. The summed E-state index contributed by atoms with van der Waals surface area (Å²) in [6.45, 7) is 0.643. The van der Waals surface area contributed by atoms with E-state index < -0.39 is 0 Å². The standard InChI is InChI=1S/C13H17N3O/c1-14-11-3-5-12(6-4-11)17-10-7-13-15-8-9-16(13)2/h3-6,8-9,14H,7,10H2,1-2H3. The van der Waals surface area contributed by atoms with Crippen molar-refractivity contribution in [3.05, 3.63) is 42.5 Å². The van der Waals surface area contributed by atoms with Gasteiger partial charge < -0.3 is 14.6 Å². The van der Waals surface area contributed by atoms with Gasteiger partial charge in [-0.05, 0) is 24.3 Å². The number of anilines is 1. The quantitative estimate of drug-likeness (QED) is 0.856. The first-order valence-electron chi connectivity index (χ1n) is 5.66. The maximum atomic E-state index is 5.65. The van der Waals surface area contributed by atoms with Crippen LogP contribution in [0, 0.1) is 0 Å². The number of nitrogens with one attached hydrogen (secondary N) is 1. The third kappa shape index (κ3) is 3.00. The van der Waals surface area contributed by atoms with E-state index in [1.807, 2.05) is 49.1 Å². The van der Waals surface area contributed by atoms with E-state index in [4.69, 9.17) is 4.74 Å². The number of hydrogen-bond acceptors (Lipinski definition) is 3. The van der Waals surface area contributed by atoms with Gasteiger partial charge in [-0.3, -0.25) is 0 Å². The minimum Gasteiger partial charge on any atom is -0.493 e. The molecule has 4 heteroatoms. The highest BCUT2D eigenvalue weighted by Gasteiger charge is 1.99. The Kier molecular flexibility index (Phi) is 3.65. The van der Waals surface area contributed by atoms with Crippen molar-refractivity contribution < 1.29 is 4.74 Å². The average Bonchev–Trinajstić information content (AvgIpc) is 2.76. The van der Waals surface area contributed by atoms with Crippen LogP contribution in [0.4, 0.5) is 5.69 Å². The first-order valence-corrected chi connectivity index (χ1v) is 5.66. The number of hydrogen-bond donors (Lipinski definition) is 1. The van der Waals surface area contributed by atoms with E-state index in [0.29, 0.717) is 6.61 Å². The van der Waals surface area contributed by atoms with Gasteiger partial charge in [0.15, 0.2) is 0 Å². The highest BCUT2D eigenvalue weighted by Crippen LogP contribution is 2.15. The van der Waals surface area contributed by atoms with Gasteiger partial charge in [0.05, 0.1) is 6.61 Å². The van der Waals surface area contributed by atoms with Crippen LogP contribution in [-0.4, -0.2) is 23.2 Å². The molecule has 90 valence electrons. The average molecular weight is 231 g/mol. The van der Waals surface area contributed by atoms with Crippen LogP contribution in [0.2, 0.25) is 0 Å². The van der Waals surface area contributed by atoms with E-state index in [0.717, 1.165) is 23.7 Å². The summed E-state index contributed by atoms with van der Waals surface area (Å²) in [5.74, 6) is 1.93. The van der Waals surface area contributed by atoms with E-state index in [-0.39, 0.29) is 0 Å². The van der Waals surface area contributed by atoms with Crippen LogP contribution in [0.3, 0.4) is 0 Å². The largest absolute Gasteiger partial charge is 0.493 e. The molecule has 0 saturated heterocycles. The normalized spacial score (nSPS) is 10.2. The Morgan fingerprint density at radius 3 is 2.65 bits per heavy atom. The topological polar surface area (TPSA) is 39.1 Å². The second-order valence-corrected chi connectivity index (χ2v) is 3.83. The van der Waals surface area contributed by atoms with Gasteiger partial charge in [-0.15, -0.1) is 0 Å². The SMILES string of the molecule is CNc1ccc(OCCc2nccn2C)cc1. The van der Waals surface area contributed by atoms with E-state index in [9.17, 15) is 0 Å². The molecule has 0 aliphatic heterocycles. The summed E-state index contributed by atoms with van der Waals surface area (Å²) in [7, 11) is 3.89. The van der Waals surface area contributed by atoms with E-state index >= 15 is 0 Å².